The Balaban J connectivity index is 1.73. The highest BCUT2D eigenvalue weighted by atomic mass is 15.2. The van der Waals surface area contributed by atoms with Crippen LogP contribution in [0.5, 0.6) is 0 Å². The summed E-state index contributed by atoms with van der Waals surface area (Å²) < 4.78 is 0. The Morgan fingerprint density at radius 2 is 2.04 bits per heavy atom. The predicted octanol–water partition coefficient (Wildman–Crippen LogP) is 6.85. The fourth-order valence-electron chi connectivity index (χ4n) is 4.52. The van der Waals surface area contributed by atoms with Gasteiger partial charge in [-0.25, -0.2) is 0 Å². The van der Waals surface area contributed by atoms with Gasteiger partial charge in [-0.3, -0.25) is 0 Å². The molecule has 2 aliphatic carbocycles. The van der Waals surface area contributed by atoms with Gasteiger partial charge in [-0.15, -0.1) is 0 Å². The third-order valence-corrected chi connectivity index (χ3v) is 5.82. The lowest BCUT2D eigenvalue weighted by molar-refractivity contribution is 0.692. The molecule has 0 spiro atoms. The first kappa shape index (κ1) is 17.9. The number of allylic oxidation sites excluding steroid dienone is 9. The molecule has 138 valence electrons. The minimum atomic E-state index is 0.366. The molecule has 0 bridgehead atoms. The van der Waals surface area contributed by atoms with Crippen molar-refractivity contribution in [3.8, 4) is 0 Å². The molecule has 3 atom stereocenters. The maximum atomic E-state index is 2.52. The average Bonchev–Trinajstić information content (AvgIpc) is 3.02. The molecule has 1 aromatic rings. The fourth-order valence-corrected chi connectivity index (χ4v) is 4.52. The van der Waals surface area contributed by atoms with E-state index in [2.05, 4.69) is 105 Å². The predicted molar refractivity (Wildman–Crippen MR) is 117 cm³/mol. The van der Waals surface area contributed by atoms with Gasteiger partial charge in [0, 0.05) is 23.2 Å². The molecule has 4 rings (SSSR count). The Morgan fingerprint density at radius 3 is 2.78 bits per heavy atom. The van der Waals surface area contributed by atoms with Crippen molar-refractivity contribution in [3.05, 3.63) is 101 Å². The molecule has 1 aliphatic heterocycles. The zero-order chi connectivity index (χ0) is 18.8. The standard InChI is InChI=1S/C26H29N/c1-4-8-22(9-5-2)27-25-11-7-6-10-23(25)24-18-21(16-17-26(24)27)20-14-12-19(3)13-15-20/h4,6-14,16-18,20,24,26H,5,15H2,1-3H3/b8-4-,22-9+. The summed E-state index contributed by atoms with van der Waals surface area (Å²) in [6, 6.07) is 9.28. The lowest BCUT2D eigenvalue weighted by atomic mass is 9.81. The molecule has 0 N–H and O–H groups in total. The molecule has 0 aromatic heterocycles. The maximum absolute atomic E-state index is 2.52. The van der Waals surface area contributed by atoms with Crippen LogP contribution in [0, 0.1) is 5.92 Å². The van der Waals surface area contributed by atoms with Crippen molar-refractivity contribution in [2.45, 2.75) is 45.6 Å². The van der Waals surface area contributed by atoms with Crippen LogP contribution in [0.25, 0.3) is 0 Å². The molecule has 1 aromatic carbocycles. The van der Waals surface area contributed by atoms with E-state index in [9.17, 15) is 0 Å². The van der Waals surface area contributed by atoms with Gasteiger partial charge in [0.05, 0.1) is 6.04 Å². The number of nitrogens with zero attached hydrogens (tertiary/aromatic N) is 1. The molecule has 0 saturated heterocycles. The van der Waals surface area contributed by atoms with E-state index in [0.29, 0.717) is 17.9 Å². The summed E-state index contributed by atoms with van der Waals surface area (Å²) in [4.78, 5) is 2.52. The maximum Gasteiger partial charge on any atom is 0.0629 e. The molecule has 0 amide bonds. The number of hydrogen-bond donors (Lipinski definition) is 0. The Labute approximate surface area is 163 Å². The van der Waals surface area contributed by atoms with Crippen LogP contribution >= 0.6 is 0 Å². The molecule has 0 radical (unpaired) electrons. The van der Waals surface area contributed by atoms with Crippen LogP contribution in [-0.4, -0.2) is 6.04 Å². The summed E-state index contributed by atoms with van der Waals surface area (Å²) in [6.07, 6.45) is 23.2. The number of para-hydroxylation sites is 1. The Hall–Kier alpha value is -2.54. The summed E-state index contributed by atoms with van der Waals surface area (Å²) >= 11 is 0. The van der Waals surface area contributed by atoms with E-state index >= 15 is 0 Å². The van der Waals surface area contributed by atoms with E-state index in [0.717, 1.165) is 12.8 Å². The van der Waals surface area contributed by atoms with Gasteiger partial charge in [0.2, 0.25) is 0 Å². The van der Waals surface area contributed by atoms with Crippen molar-refractivity contribution in [1.82, 2.24) is 0 Å². The fraction of sp³-hybridized carbons (Fsp3) is 0.308. The number of hydrogen-bond acceptors (Lipinski definition) is 1. The van der Waals surface area contributed by atoms with Gasteiger partial charge in [0.15, 0.2) is 0 Å². The SMILES string of the molecule is C/C=C\C(=C/CC)N1c2ccccc2C2C=C(C3C=CC(C)=CC3)C=CC21. The number of rotatable bonds is 4. The smallest absolute Gasteiger partial charge is 0.0629 e. The molecule has 0 saturated carbocycles. The van der Waals surface area contributed by atoms with Gasteiger partial charge in [-0.05, 0) is 50.0 Å². The zero-order valence-corrected chi connectivity index (χ0v) is 16.6. The first-order valence-electron chi connectivity index (χ1n) is 10.2. The second-order valence-electron chi connectivity index (χ2n) is 7.66. The van der Waals surface area contributed by atoms with E-state index in [1.165, 1.54) is 28.1 Å². The van der Waals surface area contributed by atoms with Gasteiger partial charge in [-0.1, -0.05) is 79.3 Å². The van der Waals surface area contributed by atoms with Gasteiger partial charge >= 0.3 is 0 Å². The summed E-state index contributed by atoms with van der Waals surface area (Å²) in [5.41, 5.74) is 6.94. The van der Waals surface area contributed by atoms with Gasteiger partial charge < -0.3 is 4.90 Å². The number of fused-ring (bicyclic) bond motifs is 3. The Bertz CT molecular complexity index is 891. The van der Waals surface area contributed by atoms with Gasteiger partial charge in [-0.2, -0.15) is 0 Å². The molecule has 1 heteroatoms. The highest BCUT2D eigenvalue weighted by Crippen LogP contribution is 2.47. The van der Waals surface area contributed by atoms with Crippen molar-refractivity contribution >= 4 is 5.69 Å². The second kappa shape index (κ2) is 7.60. The van der Waals surface area contributed by atoms with Crippen LogP contribution in [0.4, 0.5) is 5.69 Å². The molecule has 0 fully saturated rings. The normalized spacial score (nSPS) is 26.9. The number of anilines is 1. The van der Waals surface area contributed by atoms with Crippen LogP contribution < -0.4 is 4.90 Å². The third-order valence-electron chi connectivity index (χ3n) is 5.82. The Kier molecular flexibility index (Phi) is 5.03. The van der Waals surface area contributed by atoms with E-state index in [4.69, 9.17) is 0 Å². The molecular formula is C26H29N. The highest BCUT2D eigenvalue weighted by molar-refractivity contribution is 5.70. The first-order valence-corrected chi connectivity index (χ1v) is 10.2. The van der Waals surface area contributed by atoms with Crippen LogP contribution in [-0.2, 0) is 0 Å². The minimum absolute atomic E-state index is 0.366. The quantitative estimate of drug-likeness (QED) is 0.534. The third kappa shape index (κ3) is 3.27. The van der Waals surface area contributed by atoms with E-state index in [-0.39, 0.29) is 0 Å². The van der Waals surface area contributed by atoms with E-state index < -0.39 is 0 Å². The lowest BCUT2D eigenvalue weighted by Crippen LogP contribution is -2.32. The monoisotopic (exact) mass is 355 g/mol. The summed E-state index contributed by atoms with van der Waals surface area (Å²) in [5.74, 6) is 0.931. The lowest BCUT2D eigenvalue weighted by Gasteiger charge is -2.31. The van der Waals surface area contributed by atoms with Crippen LogP contribution in [0.2, 0.25) is 0 Å². The van der Waals surface area contributed by atoms with Gasteiger partial charge in [0.1, 0.15) is 0 Å². The van der Waals surface area contributed by atoms with Crippen LogP contribution in [0.1, 0.15) is 45.1 Å². The zero-order valence-electron chi connectivity index (χ0n) is 16.6. The summed E-state index contributed by atoms with van der Waals surface area (Å²) in [5, 5.41) is 0. The molecule has 3 unspecified atom stereocenters. The summed E-state index contributed by atoms with van der Waals surface area (Å²) in [7, 11) is 0. The van der Waals surface area contributed by atoms with Crippen molar-refractivity contribution in [1.29, 1.82) is 0 Å². The average molecular weight is 356 g/mol. The topological polar surface area (TPSA) is 3.24 Å². The Morgan fingerprint density at radius 1 is 1.19 bits per heavy atom. The van der Waals surface area contributed by atoms with E-state index in [1.54, 1.807) is 0 Å². The van der Waals surface area contributed by atoms with Crippen LogP contribution in [0.15, 0.2) is 95.8 Å². The van der Waals surface area contributed by atoms with Crippen LogP contribution in [0.3, 0.4) is 0 Å². The van der Waals surface area contributed by atoms with Gasteiger partial charge in [0.25, 0.3) is 0 Å². The van der Waals surface area contributed by atoms with Crippen molar-refractivity contribution in [3.63, 3.8) is 0 Å². The molecular weight excluding hydrogens is 326 g/mol. The molecule has 1 nitrogen and oxygen atoms in total. The van der Waals surface area contributed by atoms with Crippen molar-refractivity contribution in [2.75, 3.05) is 4.90 Å². The molecule has 1 heterocycles. The van der Waals surface area contributed by atoms with Crippen molar-refractivity contribution < 1.29 is 0 Å². The highest BCUT2D eigenvalue weighted by Gasteiger charge is 2.38. The second-order valence-corrected chi connectivity index (χ2v) is 7.66. The van der Waals surface area contributed by atoms with Crippen molar-refractivity contribution in [2.24, 2.45) is 5.92 Å². The largest absolute Gasteiger partial charge is 0.334 e. The van der Waals surface area contributed by atoms with E-state index in [1.807, 2.05) is 0 Å². The number of benzene rings is 1. The summed E-state index contributed by atoms with van der Waals surface area (Å²) in [6.45, 7) is 6.49. The molecule has 27 heavy (non-hydrogen) atoms. The first-order chi connectivity index (χ1) is 13.2. The molecule has 3 aliphatic rings. The minimum Gasteiger partial charge on any atom is -0.334 e.